The number of benzene rings is 2. The summed E-state index contributed by atoms with van der Waals surface area (Å²) in [4.78, 5) is -0.0401. The number of halogens is 3. The first kappa shape index (κ1) is 22.8. The molecule has 4 nitrogen and oxygen atoms in total. The summed E-state index contributed by atoms with van der Waals surface area (Å²) < 4.78 is 76.6. The summed E-state index contributed by atoms with van der Waals surface area (Å²) in [7, 11) is -7.11. The second kappa shape index (κ2) is 9.33. The van der Waals surface area contributed by atoms with Crippen molar-refractivity contribution >= 4 is 31.3 Å². The van der Waals surface area contributed by atoms with Crippen LogP contribution in [0.25, 0.3) is 0 Å². The largest absolute Gasteiger partial charge is 0.229 e. The molecule has 0 spiro atoms. The highest BCUT2D eigenvalue weighted by Gasteiger charge is 2.31. The van der Waals surface area contributed by atoms with Crippen LogP contribution in [0.5, 0.6) is 0 Å². The molecule has 0 saturated carbocycles. The van der Waals surface area contributed by atoms with Gasteiger partial charge in [-0.25, -0.2) is 25.6 Å². The second-order valence-electron chi connectivity index (χ2n) is 6.63. The molecule has 2 rings (SSSR count). The van der Waals surface area contributed by atoms with Crippen molar-refractivity contribution in [2.45, 2.75) is 35.8 Å². The van der Waals surface area contributed by atoms with Crippen LogP contribution in [0.1, 0.15) is 36.5 Å². The third-order valence-corrected chi connectivity index (χ3v) is 7.75. The summed E-state index contributed by atoms with van der Waals surface area (Å²) in [6, 6.07) is 8.20. The Bertz CT molecular complexity index is 1020. The van der Waals surface area contributed by atoms with Gasteiger partial charge in [0.15, 0.2) is 9.84 Å². The van der Waals surface area contributed by atoms with E-state index in [1.807, 2.05) is 0 Å². The van der Waals surface area contributed by atoms with Crippen LogP contribution >= 0.6 is 11.6 Å². The van der Waals surface area contributed by atoms with Crippen molar-refractivity contribution in [2.24, 2.45) is 0 Å². The first-order valence-corrected chi connectivity index (χ1v) is 12.6. The molecule has 1 atom stereocenters. The lowest BCUT2D eigenvalue weighted by Crippen LogP contribution is -2.16. The maximum atomic E-state index is 14.3. The Balaban J connectivity index is 2.31. The zero-order valence-electron chi connectivity index (χ0n) is 15.2. The first-order valence-electron chi connectivity index (χ1n) is 8.63. The van der Waals surface area contributed by atoms with Crippen molar-refractivity contribution in [3.05, 3.63) is 64.7 Å². The minimum absolute atomic E-state index is 0.00404. The third kappa shape index (κ3) is 6.25. The Kier molecular flexibility index (Phi) is 7.59. The van der Waals surface area contributed by atoms with Crippen LogP contribution in [0.2, 0.25) is 5.02 Å². The summed E-state index contributed by atoms with van der Waals surface area (Å²) in [6.45, 7) is 0. The lowest BCUT2D eigenvalue weighted by Gasteiger charge is -2.19. The summed E-state index contributed by atoms with van der Waals surface area (Å²) in [5.74, 6) is -1.54. The molecule has 0 aromatic heterocycles. The topological polar surface area (TPSA) is 68.3 Å². The Morgan fingerprint density at radius 1 is 0.929 bits per heavy atom. The Labute approximate surface area is 169 Å². The quantitative estimate of drug-likeness (QED) is 0.517. The molecule has 2 aromatic carbocycles. The van der Waals surface area contributed by atoms with Crippen molar-refractivity contribution in [2.75, 3.05) is 12.0 Å². The molecule has 0 aliphatic rings. The second-order valence-corrected chi connectivity index (χ2v) is 11.5. The SMILES string of the molecule is CS(=O)(=O)CCCCCC(c1cc(F)ccc1F)S(=O)(=O)c1ccc(Cl)cc1. The molecule has 28 heavy (non-hydrogen) atoms. The van der Waals surface area contributed by atoms with E-state index in [4.69, 9.17) is 11.6 Å². The van der Waals surface area contributed by atoms with Gasteiger partial charge < -0.3 is 0 Å². The minimum atomic E-state index is -4.01. The third-order valence-electron chi connectivity index (χ3n) is 4.30. The molecule has 9 heteroatoms. The molecule has 0 aliphatic heterocycles. The molecule has 0 radical (unpaired) electrons. The van der Waals surface area contributed by atoms with E-state index in [0.717, 1.165) is 24.5 Å². The average Bonchev–Trinajstić information content (AvgIpc) is 2.60. The molecule has 0 amide bonds. The molecule has 0 N–H and O–H groups in total. The van der Waals surface area contributed by atoms with Gasteiger partial charge in [0.05, 0.1) is 10.1 Å². The standard InChI is InChI=1S/C19H21ClF2O4S2/c1-27(23,24)12-4-2-3-5-19(17-13-15(21)8-11-18(17)22)28(25,26)16-9-6-14(20)7-10-16/h6-11,13,19H,2-5,12H2,1H3. The predicted octanol–water partition coefficient (Wildman–Crippen LogP) is 4.74. The van der Waals surface area contributed by atoms with Gasteiger partial charge in [0.1, 0.15) is 21.5 Å². The maximum absolute atomic E-state index is 14.3. The van der Waals surface area contributed by atoms with E-state index >= 15 is 0 Å². The van der Waals surface area contributed by atoms with Crippen LogP contribution in [0.4, 0.5) is 8.78 Å². The van der Waals surface area contributed by atoms with Gasteiger partial charge in [-0.15, -0.1) is 0 Å². The highest BCUT2D eigenvalue weighted by atomic mass is 35.5. The number of hydrogen-bond donors (Lipinski definition) is 0. The van der Waals surface area contributed by atoms with Gasteiger partial charge in [-0.1, -0.05) is 24.4 Å². The predicted molar refractivity (Wildman–Crippen MR) is 106 cm³/mol. The van der Waals surface area contributed by atoms with Gasteiger partial charge in [-0.05, 0) is 55.3 Å². The van der Waals surface area contributed by atoms with Crippen LogP contribution in [0.15, 0.2) is 47.4 Å². The van der Waals surface area contributed by atoms with Gasteiger partial charge >= 0.3 is 0 Å². The molecule has 0 bridgehead atoms. The fourth-order valence-electron chi connectivity index (χ4n) is 2.90. The first-order chi connectivity index (χ1) is 13.0. The van der Waals surface area contributed by atoms with E-state index in [1.54, 1.807) is 0 Å². The van der Waals surface area contributed by atoms with Gasteiger partial charge in [0, 0.05) is 22.6 Å². The van der Waals surface area contributed by atoms with E-state index in [2.05, 4.69) is 0 Å². The van der Waals surface area contributed by atoms with Crippen LogP contribution in [-0.2, 0) is 19.7 Å². The molecule has 0 fully saturated rings. The Hall–Kier alpha value is -1.51. The van der Waals surface area contributed by atoms with Crippen LogP contribution in [-0.4, -0.2) is 28.8 Å². The minimum Gasteiger partial charge on any atom is -0.229 e. The molecular weight excluding hydrogens is 430 g/mol. The van der Waals surface area contributed by atoms with E-state index < -0.39 is 36.6 Å². The lowest BCUT2D eigenvalue weighted by atomic mass is 10.0. The van der Waals surface area contributed by atoms with Gasteiger partial charge in [0.25, 0.3) is 0 Å². The van der Waals surface area contributed by atoms with Crippen molar-refractivity contribution in [1.82, 2.24) is 0 Å². The summed E-state index contributed by atoms with van der Waals surface area (Å²) in [5, 5.41) is -0.934. The maximum Gasteiger partial charge on any atom is 0.185 e. The van der Waals surface area contributed by atoms with E-state index in [-0.39, 0.29) is 22.6 Å². The lowest BCUT2D eigenvalue weighted by molar-refractivity contribution is 0.539. The monoisotopic (exact) mass is 450 g/mol. The fraction of sp³-hybridized carbons (Fsp3) is 0.368. The molecule has 0 saturated heterocycles. The molecule has 0 heterocycles. The van der Waals surface area contributed by atoms with Crippen LogP contribution < -0.4 is 0 Å². The summed E-state index contributed by atoms with van der Waals surface area (Å²) in [5.41, 5.74) is -0.238. The highest BCUT2D eigenvalue weighted by Crippen LogP contribution is 2.35. The van der Waals surface area contributed by atoms with Crippen LogP contribution in [0, 0.1) is 11.6 Å². The van der Waals surface area contributed by atoms with Crippen molar-refractivity contribution < 1.29 is 25.6 Å². The number of rotatable bonds is 9. The number of hydrogen-bond acceptors (Lipinski definition) is 4. The average molecular weight is 451 g/mol. The van der Waals surface area contributed by atoms with E-state index in [0.29, 0.717) is 24.3 Å². The van der Waals surface area contributed by atoms with E-state index in [1.165, 1.54) is 24.3 Å². The number of sulfone groups is 2. The molecule has 154 valence electrons. The molecule has 0 aliphatic carbocycles. The Morgan fingerprint density at radius 3 is 2.18 bits per heavy atom. The van der Waals surface area contributed by atoms with Crippen molar-refractivity contribution in [3.63, 3.8) is 0 Å². The zero-order chi connectivity index (χ0) is 20.9. The summed E-state index contributed by atoms with van der Waals surface area (Å²) >= 11 is 5.81. The van der Waals surface area contributed by atoms with Gasteiger partial charge in [0.2, 0.25) is 0 Å². The van der Waals surface area contributed by atoms with E-state index in [9.17, 15) is 25.6 Å². The van der Waals surface area contributed by atoms with Crippen LogP contribution in [0.3, 0.4) is 0 Å². The van der Waals surface area contributed by atoms with Crippen molar-refractivity contribution in [1.29, 1.82) is 0 Å². The van der Waals surface area contributed by atoms with Gasteiger partial charge in [-0.2, -0.15) is 0 Å². The summed E-state index contributed by atoms with van der Waals surface area (Å²) in [6.07, 6.45) is 2.34. The highest BCUT2D eigenvalue weighted by molar-refractivity contribution is 7.91. The van der Waals surface area contributed by atoms with Crippen molar-refractivity contribution in [3.8, 4) is 0 Å². The fourth-order valence-corrected chi connectivity index (χ4v) is 5.59. The smallest absolute Gasteiger partial charge is 0.185 e. The van der Waals surface area contributed by atoms with Gasteiger partial charge in [-0.3, -0.25) is 0 Å². The normalized spacial score (nSPS) is 13.4. The Morgan fingerprint density at radius 2 is 1.57 bits per heavy atom. The number of unbranched alkanes of at least 4 members (excludes halogenated alkanes) is 2. The molecule has 1 unspecified atom stereocenters. The molecular formula is C19H21ClF2O4S2. The zero-order valence-corrected chi connectivity index (χ0v) is 17.6. The molecule has 2 aromatic rings.